The van der Waals surface area contributed by atoms with Crippen LogP contribution in [0.3, 0.4) is 0 Å². The maximum absolute atomic E-state index is 13.2. The lowest BCUT2D eigenvalue weighted by molar-refractivity contribution is -0.122. The lowest BCUT2D eigenvalue weighted by atomic mass is 9.97. The van der Waals surface area contributed by atoms with E-state index in [0.717, 1.165) is 10.2 Å². The number of rotatable bonds is 3. The number of imide groups is 1. The van der Waals surface area contributed by atoms with Crippen LogP contribution in [0.15, 0.2) is 41.9 Å². The number of carbonyl (C=O) groups excluding carboxylic acids is 3. The van der Waals surface area contributed by atoms with Crippen LogP contribution >= 0.6 is 11.3 Å². The number of fused-ring (bicyclic) bond motifs is 3. The molecule has 0 spiro atoms. The number of carbonyl (C=O) groups is 3. The fourth-order valence-electron chi connectivity index (χ4n) is 5.06. The summed E-state index contributed by atoms with van der Waals surface area (Å²) < 4.78 is 5.19. The predicted molar refractivity (Wildman–Crippen MR) is 130 cm³/mol. The van der Waals surface area contributed by atoms with E-state index in [4.69, 9.17) is 14.7 Å². The highest BCUT2D eigenvalue weighted by Gasteiger charge is 2.39. The molecule has 3 aliphatic heterocycles. The minimum Gasteiger partial charge on any atom is -0.447 e. The number of aromatic amines is 1. The Morgan fingerprint density at radius 2 is 1.86 bits per heavy atom. The summed E-state index contributed by atoms with van der Waals surface area (Å²) in [5, 5.41) is 5.97. The van der Waals surface area contributed by atoms with Crippen LogP contribution < -0.4 is 10.2 Å². The summed E-state index contributed by atoms with van der Waals surface area (Å²) >= 11 is 1.53. The molecule has 0 aliphatic carbocycles. The maximum atomic E-state index is 13.2. The molecule has 4 aromatic rings. The third-order valence-electron chi connectivity index (χ3n) is 6.73. The van der Waals surface area contributed by atoms with Crippen molar-refractivity contribution in [1.29, 1.82) is 0 Å². The van der Waals surface area contributed by atoms with Gasteiger partial charge in [0.25, 0.3) is 11.8 Å². The molecule has 3 aromatic heterocycles. The predicted octanol–water partition coefficient (Wildman–Crippen LogP) is 2.38. The van der Waals surface area contributed by atoms with Crippen LogP contribution in [0.1, 0.15) is 11.3 Å². The Bertz CT molecular complexity index is 1600. The van der Waals surface area contributed by atoms with E-state index in [-0.39, 0.29) is 17.7 Å². The smallest absolute Gasteiger partial charge is 0.410 e. The molecule has 1 unspecified atom stereocenters. The zero-order valence-corrected chi connectivity index (χ0v) is 19.1. The van der Waals surface area contributed by atoms with E-state index in [1.165, 1.54) is 11.3 Å². The molecular formula is C24H18N6O4S. The number of ether oxygens (including phenoxy) is 1. The van der Waals surface area contributed by atoms with Gasteiger partial charge in [-0.05, 0) is 17.5 Å². The van der Waals surface area contributed by atoms with E-state index in [9.17, 15) is 14.4 Å². The highest BCUT2D eigenvalue weighted by Crippen LogP contribution is 2.38. The van der Waals surface area contributed by atoms with Crippen molar-refractivity contribution < 1.29 is 19.1 Å². The minimum absolute atomic E-state index is 0.0763. The van der Waals surface area contributed by atoms with Crippen LogP contribution in [0.5, 0.6) is 0 Å². The van der Waals surface area contributed by atoms with Crippen LogP contribution in [0.2, 0.25) is 0 Å². The molecule has 11 heteroatoms. The minimum atomic E-state index is -0.482. The molecule has 2 N–H and O–H groups in total. The van der Waals surface area contributed by atoms with Crippen LogP contribution in [0.25, 0.3) is 32.3 Å². The van der Waals surface area contributed by atoms with Crippen molar-refractivity contribution >= 4 is 67.5 Å². The molecule has 0 bridgehead atoms. The van der Waals surface area contributed by atoms with Crippen molar-refractivity contribution in [3.05, 3.63) is 53.2 Å². The van der Waals surface area contributed by atoms with Gasteiger partial charge in [0.2, 0.25) is 5.95 Å². The quantitative estimate of drug-likeness (QED) is 0.427. The van der Waals surface area contributed by atoms with Gasteiger partial charge in [-0.3, -0.25) is 19.8 Å². The number of cyclic esters (lactones) is 1. The first-order valence-corrected chi connectivity index (χ1v) is 12.1. The van der Waals surface area contributed by atoms with Crippen LogP contribution in [0, 0.1) is 0 Å². The highest BCUT2D eigenvalue weighted by atomic mass is 32.1. The summed E-state index contributed by atoms with van der Waals surface area (Å²) in [6.45, 7) is 1.88. The molecule has 174 valence electrons. The van der Waals surface area contributed by atoms with Gasteiger partial charge in [-0.15, -0.1) is 11.3 Å². The summed E-state index contributed by atoms with van der Waals surface area (Å²) in [4.78, 5) is 55.5. The third kappa shape index (κ3) is 2.98. The molecule has 10 nitrogen and oxygen atoms in total. The van der Waals surface area contributed by atoms with Gasteiger partial charge in [-0.25, -0.2) is 14.8 Å². The van der Waals surface area contributed by atoms with Crippen molar-refractivity contribution in [2.45, 2.75) is 6.04 Å². The van der Waals surface area contributed by atoms with Gasteiger partial charge in [0.15, 0.2) is 0 Å². The van der Waals surface area contributed by atoms with E-state index in [1.54, 1.807) is 11.1 Å². The van der Waals surface area contributed by atoms with Crippen molar-refractivity contribution in [3.8, 4) is 0 Å². The van der Waals surface area contributed by atoms with Crippen LogP contribution in [-0.4, -0.2) is 70.0 Å². The van der Waals surface area contributed by atoms with Gasteiger partial charge >= 0.3 is 6.09 Å². The molecule has 3 aliphatic rings. The number of H-pyrrole nitrogens is 1. The zero-order valence-electron chi connectivity index (χ0n) is 18.3. The van der Waals surface area contributed by atoms with E-state index < -0.39 is 11.8 Å². The summed E-state index contributed by atoms with van der Waals surface area (Å²) in [7, 11) is 0. The molecule has 0 radical (unpaired) electrons. The molecule has 7 rings (SSSR count). The number of thiophene rings is 1. The number of piperazine rings is 1. The SMILES string of the molecule is O=C1NC(=O)C(c2c[nH]c3sccc23)=C1c1nc(N2CCN3C(=O)OCC3C2)nc2ccccc12. The summed E-state index contributed by atoms with van der Waals surface area (Å²) in [6.07, 6.45) is 1.46. The van der Waals surface area contributed by atoms with Crippen molar-refractivity contribution in [1.82, 2.24) is 25.2 Å². The zero-order chi connectivity index (χ0) is 23.7. The van der Waals surface area contributed by atoms with Gasteiger partial charge in [0.05, 0.1) is 28.4 Å². The molecule has 6 heterocycles. The number of anilines is 1. The van der Waals surface area contributed by atoms with Crippen molar-refractivity contribution in [2.75, 3.05) is 31.1 Å². The Balaban J connectivity index is 1.42. The second-order valence-corrected chi connectivity index (χ2v) is 9.57. The Hall–Kier alpha value is -4.25. The van der Waals surface area contributed by atoms with Gasteiger partial charge < -0.3 is 14.6 Å². The van der Waals surface area contributed by atoms with Gasteiger partial charge in [-0.1, -0.05) is 18.2 Å². The second kappa shape index (κ2) is 7.37. The van der Waals surface area contributed by atoms with Crippen LogP contribution in [0.4, 0.5) is 10.7 Å². The largest absolute Gasteiger partial charge is 0.447 e. The number of hydrogen-bond acceptors (Lipinski definition) is 8. The molecular weight excluding hydrogens is 468 g/mol. The van der Waals surface area contributed by atoms with E-state index >= 15 is 0 Å². The number of nitrogens with zero attached hydrogens (tertiary/aromatic N) is 4. The lowest BCUT2D eigenvalue weighted by Crippen LogP contribution is -2.52. The second-order valence-electron chi connectivity index (χ2n) is 8.66. The molecule has 2 saturated heterocycles. The molecule has 35 heavy (non-hydrogen) atoms. The Kier molecular flexibility index (Phi) is 4.25. The summed E-state index contributed by atoms with van der Waals surface area (Å²) in [5.74, 6) is -0.480. The highest BCUT2D eigenvalue weighted by molar-refractivity contribution is 7.16. The number of aromatic nitrogens is 3. The summed E-state index contributed by atoms with van der Waals surface area (Å²) in [5.41, 5.74) is 2.28. The lowest BCUT2D eigenvalue weighted by Gasteiger charge is -2.35. The number of amides is 3. The van der Waals surface area contributed by atoms with Gasteiger partial charge in [-0.2, -0.15) is 0 Å². The maximum Gasteiger partial charge on any atom is 0.410 e. The van der Waals surface area contributed by atoms with E-state index in [2.05, 4.69) is 10.3 Å². The number of para-hydroxylation sites is 1. The average molecular weight is 487 g/mol. The number of nitrogens with one attached hydrogen (secondary N) is 2. The molecule has 2 fully saturated rings. The third-order valence-corrected chi connectivity index (χ3v) is 7.58. The first-order chi connectivity index (χ1) is 17.1. The Morgan fingerprint density at radius 3 is 2.77 bits per heavy atom. The van der Waals surface area contributed by atoms with E-state index in [0.29, 0.717) is 59.9 Å². The van der Waals surface area contributed by atoms with E-state index in [1.807, 2.05) is 40.6 Å². The Morgan fingerprint density at radius 1 is 1.00 bits per heavy atom. The first-order valence-electron chi connectivity index (χ1n) is 11.2. The monoisotopic (exact) mass is 486 g/mol. The standard InChI is InChI=1S/C24H18N6O4S/c31-20-17(15-9-25-22-13(15)5-8-35-22)18(21(32)28-20)19-14-3-1-2-4-16(14)26-23(27-19)29-6-7-30-12(10-29)11-34-24(30)33/h1-5,8-9,12,25H,6-7,10-11H2,(H,28,31,32). The topological polar surface area (TPSA) is 121 Å². The average Bonchev–Trinajstić information content (AvgIpc) is 3.63. The summed E-state index contributed by atoms with van der Waals surface area (Å²) in [6, 6.07) is 9.31. The fraction of sp³-hybridized carbons (Fsp3) is 0.208. The first kappa shape index (κ1) is 20.2. The molecule has 1 atom stereocenters. The molecule has 1 aromatic carbocycles. The Labute approximate surface area is 202 Å². The number of benzene rings is 1. The normalized spacial score (nSPS) is 20.2. The molecule has 0 saturated carbocycles. The van der Waals surface area contributed by atoms with Crippen LogP contribution in [-0.2, 0) is 14.3 Å². The van der Waals surface area contributed by atoms with Crippen molar-refractivity contribution in [2.24, 2.45) is 0 Å². The van der Waals surface area contributed by atoms with Gasteiger partial charge in [0, 0.05) is 42.2 Å². The van der Waals surface area contributed by atoms with Crippen molar-refractivity contribution in [3.63, 3.8) is 0 Å². The number of hydrogen-bond donors (Lipinski definition) is 2. The molecule has 3 amide bonds. The fourth-order valence-corrected chi connectivity index (χ4v) is 5.83. The van der Waals surface area contributed by atoms with Gasteiger partial charge in [0.1, 0.15) is 11.4 Å².